The first-order valence-electron chi connectivity index (χ1n) is 18.3. The predicted molar refractivity (Wildman–Crippen MR) is 196 cm³/mol. The van der Waals surface area contributed by atoms with Crippen molar-refractivity contribution in [3.63, 3.8) is 0 Å². The number of likely N-dealkylation sites (tertiary alicyclic amines) is 1. The normalized spacial score (nSPS) is 23.7. The van der Waals surface area contributed by atoms with Gasteiger partial charge in [-0.1, -0.05) is 24.4 Å². The molecular formula is C39H51ClFN5O7. The third-order valence-corrected chi connectivity index (χ3v) is 12.2. The largest absolute Gasteiger partial charge is 0.497 e. The Balaban J connectivity index is 1.33. The molecule has 2 aromatic rings. The predicted octanol–water partition coefficient (Wildman–Crippen LogP) is 5.25. The lowest BCUT2D eigenvalue weighted by atomic mass is 9.66. The lowest BCUT2D eigenvalue weighted by molar-refractivity contribution is -0.169. The van der Waals surface area contributed by atoms with Crippen molar-refractivity contribution in [2.24, 2.45) is 28.3 Å². The summed E-state index contributed by atoms with van der Waals surface area (Å²) in [5, 5.41) is 1.57. The molecule has 1 saturated heterocycles. The van der Waals surface area contributed by atoms with Crippen LogP contribution in [0.1, 0.15) is 81.5 Å². The zero-order valence-corrected chi connectivity index (χ0v) is 32.0. The number of carbonyl (C=O) groups is 3. The number of hydrogen-bond acceptors (Lipinski definition) is 10. The Morgan fingerprint density at radius 1 is 1.13 bits per heavy atom. The van der Waals surface area contributed by atoms with Crippen molar-refractivity contribution in [2.75, 3.05) is 47.5 Å². The molecule has 53 heavy (non-hydrogen) atoms. The lowest BCUT2D eigenvalue weighted by Gasteiger charge is -2.45. The van der Waals surface area contributed by atoms with Crippen molar-refractivity contribution in [3.05, 3.63) is 63.2 Å². The SMILES string of the molecule is COc1ccc(COC(=O)[C@@]2(C)CCCCC2C(=O)N2CCc3c(Cl)cc(F)c(OC/C(N)=C(\C)N(C)N)c3C2CN2CC3(CC3)CC2=O)c(OC)c1. The van der Waals surface area contributed by atoms with E-state index in [1.165, 1.54) is 18.2 Å². The highest BCUT2D eigenvalue weighted by atomic mass is 35.5. The average molecular weight is 756 g/mol. The maximum absolute atomic E-state index is 16.0. The van der Waals surface area contributed by atoms with Gasteiger partial charge in [-0.15, -0.1) is 0 Å². The van der Waals surface area contributed by atoms with Gasteiger partial charge in [0.1, 0.15) is 24.7 Å². The summed E-state index contributed by atoms with van der Waals surface area (Å²) in [7, 11) is 4.73. The molecule has 2 unspecified atom stereocenters. The fraction of sp³-hybridized carbons (Fsp3) is 0.564. The van der Waals surface area contributed by atoms with E-state index in [0.29, 0.717) is 71.8 Å². The molecule has 2 saturated carbocycles. The van der Waals surface area contributed by atoms with Crippen molar-refractivity contribution < 1.29 is 37.7 Å². The molecule has 4 aliphatic rings. The molecule has 2 heterocycles. The van der Waals surface area contributed by atoms with Gasteiger partial charge in [-0.2, -0.15) is 0 Å². The van der Waals surface area contributed by atoms with E-state index in [2.05, 4.69) is 0 Å². The first-order valence-corrected chi connectivity index (χ1v) is 18.6. The van der Waals surface area contributed by atoms with Crippen molar-refractivity contribution in [2.45, 2.75) is 77.9 Å². The Hall–Kier alpha value is -4.23. The number of hydrazine groups is 1. The number of fused-ring (bicyclic) bond motifs is 1. The summed E-state index contributed by atoms with van der Waals surface area (Å²) in [5.41, 5.74) is 7.68. The quantitative estimate of drug-likeness (QED) is 0.167. The van der Waals surface area contributed by atoms with Crippen LogP contribution in [0.3, 0.4) is 0 Å². The molecule has 0 bridgehead atoms. The molecule has 2 amide bonds. The summed E-state index contributed by atoms with van der Waals surface area (Å²) in [6.07, 6.45) is 5.15. The van der Waals surface area contributed by atoms with Crippen LogP contribution in [0.2, 0.25) is 5.02 Å². The van der Waals surface area contributed by atoms with E-state index >= 15 is 9.18 Å². The maximum Gasteiger partial charge on any atom is 0.312 e. The van der Waals surface area contributed by atoms with Crippen LogP contribution in [-0.2, 0) is 32.1 Å². The number of esters is 1. The zero-order chi connectivity index (χ0) is 38.2. The van der Waals surface area contributed by atoms with Crippen LogP contribution >= 0.6 is 11.6 Å². The summed E-state index contributed by atoms with van der Waals surface area (Å²) >= 11 is 6.71. The fourth-order valence-electron chi connectivity index (χ4n) is 8.21. The van der Waals surface area contributed by atoms with Crippen LogP contribution in [0.15, 0.2) is 35.7 Å². The molecule has 2 aliphatic carbocycles. The van der Waals surface area contributed by atoms with E-state index in [1.54, 1.807) is 56.0 Å². The number of methoxy groups -OCH3 is 2. The van der Waals surface area contributed by atoms with Gasteiger partial charge in [0, 0.05) is 61.0 Å². The van der Waals surface area contributed by atoms with Crippen molar-refractivity contribution in [1.82, 2.24) is 14.8 Å². The Labute approximate surface area is 315 Å². The standard InChI is InChI=1S/C39H51ClFN5O7/c1-23(44(3)43)30(42)21-52-35-29(41)17-28(40)26-11-15-46(31(34(26)35)19-45-22-39(13-14-39)18-33(45)47)36(48)27-8-6-7-12-38(27,2)37(49)53-20-24-9-10-25(50-4)16-32(24)51-5/h9-10,16-17,27,31H,6-8,11-15,18-22,42-43H2,1-5H3/b30-23-/t27?,31?,38-/m0/s1. The zero-order valence-electron chi connectivity index (χ0n) is 31.3. The van der Waals surface area contributed by atoms with Gasteiger partial charge >= 0.3 is 5.97 Å². The first-order chi connectivity index (χ1) is 25.2. The minimum absolute atomic E-state index is 0.000758. The van der Waals surface area contributed by atoms with Crippen molar-refractivity contribution in [1.29, 1.82) is 0 Å². The van der Waals surface area contributed by atoms with E-state index in [1.807, 2.05) is 0 Å². The Bertz CT molecular complexity index is 1800. The average Bonchev–Trinajstić information content (AvgIpc) is 3.82. The molecule has 4 N–H and O–H groups in total. The molecule has 0 radical (unpaired) electrons. The Kier molecular flexibility index (Phi) is 11.1. The number of ether oxygens (including phenoxy) is 4. The summed E-state index contributed by atoms with van der Waals surface area (Å²) in [5.74, 6) is 4.78. The third-order valence-electron chi connectivity index (χ3n) is 11.9. The highest BCUT2D eigenvalue weighted by Crippen LogP contribution is 2.54. The van der Waals surface area contributed by atoms with Crippen molar-refractivity contribution >= 4 is 29.4 Å². The molecular weight excluding hydrogens is 705 g/mol. The van der Waals surface area contributed by atoms with Crippen LogP contribution in [-0.4, -0.2) is 80.1 Å². The van der Waals surface area contributed by atoms with E-state index < -0.39 is 29.2 Å². The van der Waals surface area contributed by atoms with Gasteiger partial charge in [0.15, 0.2) is 11.6 Å². The minimum Gasteiger partial charge on any atom is -0.497 e. The topological polar surface area (TPSA) is 150 Å². The molecule has 3 atom stereocenters. The van der Waals surface area contributed by atoms with E-state index in [0.717, 1.165) is 25.7 Å². The Morgan fingerprint density at radius 3 is 2.55 bits per heavy atom. The minimum atomic E-state index is -1.13. The first kappa shape index (κ1) is 38.5. The van der Waals surface area contributed by atoms with Gasteiger partial charge in [0.25, 0.3) is 0 Å². The van der Waals surface area contributed by atoms with E-state index in [4.69, 9.17) is 42.1 Å². The molecule has 2 aromatic carbocycles. The number of halogens is 2. The van der Waals surface area contributed by atoms with E-state index in [9.17, 15) is 9.59 Å². The smallest absolute Gasteiger partial charge is 0.312 e. The molecule has 288 valence electrons. The van der Waals surface area contributed by atoms with Crippen LogP contribution in [0, 0.1) is 22.6 Å². The monoisotopic (exact) mass is 755 g/mol. The molecule has 1 spiro atoms. The van der Waals surface area contributed by atoms with Crippen LogP contribution in [0.5, 0.6) is 17.2 Å². The van der Waals surface area contributed by atoms with Gasteiger partial charge in [-0.3, -0.25) is 14.4 Å². The van der Waals surface area contributed by atoms with Gasteiger partial charge in [0.05, 0.1) is 37.3 Å². The highest BCUT2D eigenvalue weighted by Gasteiger charge is 2.54. The number of benzene rings is 2. The van der Waals surface area contributed by atoms with Gasteiger partial charge in [-0.25, -0.2) is 10.2 Å². The van der Waals surface area contributed by atoms with Gasteiger partial charge < -0.3 is 39.5 Å². The van der Waals surface area contributed by atoms with Crippen molar-refractivity contribution in [3.8, 4) is 17.2 Å². The molecule has 14 heteroatoms. The lowest BCUT2D eigenvalue weighted by Crippen LogP contribution is -2.53. The number of allylic oxidation sites excluding steroid dienone is 1. The summed E-state index contributed by atoms with van der Waals surface area (Å²) in [6.45, 7) is 4.27. The second-order valence-electron chi connectivity index (χ2n) is 15.3. The number of nitrogens with zero attached hydrogens (tertiary/aromatic N) is 3. The number of rotatable bonds is 12. The molecule has 0 aromatic heterocycles. The van der Waals surface area contributed by atoms with Gasteiger partial charge in [0.2, 0.25) is 11.8 Å². The third kappa shape index (κ3) is 7.60. The summed E-state index contributed by atoms with van der Waals surface area (Å²) in [4.78, 5) is 46.0. The summed E-state index contributed by atoms with van der Waals surface area (Å²) in [6, 6.07) is 5.69. The highest BCUT2D eigenvalue weighted by molar-refractivity contribution is 6.31. The number of amides is 2. The van der Waals surface area contributed by atoms with E-state index in [-0.39, 0.29) is 54.3 Å². The molecule has 2 aliphatic heterocycles. The molecule has 3 fully saturated rings. The Morgan fingerprint density at radius 2 is 1.89 bits per heavy atom. The number of hydrogen-bond donors (Lipinski definition) is 2. The molecule has 12 nitrogen and oxygen atoms in total. The van der Waals surface area contributed by atoms with Crippen LogP contribution in [0.25, 0.3) is 0 Å². The van der Waals surface area contributed by atoms with Gasteiger partial charge in [-0.05, 0) is 75.1 Å². The number of nitrogens with two attached hydrogens (primary N) is 2. The second-order valence-corrected chi connectivity index (χ2v) is 15.7. The number of carbonyl (C=O) groups excluding carboxylic acids is 3. The molecule has 6 rings (SSSR count). The van der Waals surface area contributed by atoms with Crippen LogP contribution in [0.4, 0.5) is 4.39 Å². The summed E-state index contributed by atoms with van der Waals surface area (Å²) < 4.78 is 38.9. The fourth-order valence-corrected chi connectivity index (χ4v) is 8.50. The maximum atomic E-state index is 16.0. The second kappa shape index (κ2) is 15.3. The van der Waals surface area contributed by atoms with Crippen LogP contribution < -0.4 is 25.8 Å².